The van der Waals surface area contributed by atoms with E-state index in [2.05, 4.69) is 17.0 Å². The summed E-state index contributed by atoms with van der Waals surface area (Å²) in [5, 5.41) is 2.78. The van der Waals surface area contributed by atoms with E-state index in [1.807, 2.05) is 12.1 Å². The Bertz CT molecular complexity index is 768. The lowest BCUT2D eigenvalue weighted by molar-refractivity contribution is -0.116. The van der Waals surface area contributed by atoms with Crippen molar-refractivity contribution in [1.82, 2.24) is 5.32 Å². The van der Waals surface area contributed by atoms with Crippen LogP contribution >= 0.6 is 0 Å². The Morgan fingerprint density at radius 2 is 2.04 bits per heavy atom. The van der Waals surface area contributed by atoms with Crippen LogP contribution in [0.1, 0.15) is 36.3 Å². The molecule has 1 heterocycles. The van der Waals surface area contributed by atoms with Crippen LogP contribution in [0.5, 0.6) is 5.75 Å². The van der Waals surface area contributed by atoms with E-state index in [1.165, 1.54) is 18.2 Å². The standard InChI is InChI=1S/C20H21F2NO3/c1-13-12-17(13)18-8-6-15(25-18)7-9-19(24)23-11-10-14-2-4-16(5-3-14)26-20(21)22/h2-9,13,17,20H,10-12H2,1H3,(H,23,24)/b9-7+. The van der Waals surface area contributed by atoms with E-state index in [9.17, 15) is 13.6 Å². The maximum atomic E-state index is 12.1. The SMILES string of the molecule is CC1CC1c1ccc(/C=C/C(=O)NCCc2ccc(OC(F)F)cc2)o1. The molecule has 2 aromatic rings. The van der Waals surface area contributed by atoms with Crippen molar-refractivity contribution in [2.75, 3.05) is 6.54 Å². The largest absolute Gasteiger partial charge is 0.461 e. The van der Waals surface area contributed by atoms with Crippen LogP contribution in [0.3, 0.4) is 0 Å². The van der Waals surface area contributed by atoms with Crippen LogP contribution < -0.4 is 10.1 Å². The molecule has 4 nitrogen and oxygen atoms in total. The second-order valence-corrected chi connectivity index (χ2v) is 6.46. The number of benzene rings is 1. The third-order valence-electron chi connectivity index (χ3n) is 4.38. The van der Waals surface area contributed by atoms with Gasteiger partial charge in [0.1, 0.15) is 17.3 Å². The van der Waals surface area contributed by atoms with Crippen LogP contribution in [-0.2, 0) is 11.2 Å². The fourth-order valence-electron chi connectivity index (χ4n) is 2.76. The molecule has 3 rings (SSSR count). The highest BCUT2D eigenvalue weighted by Gasteiger charge is 2.36. The normalized spacial score (nSPS) is 19.1. The van der Waals surface area contributed by atoms with Gasteiger partial charge in [-0.1, -0.05) is 19.1 Å². The van der Waals surface area contributed by atoms with Crippen molar-refractivity contribution in [3.8, 4) is 5.75 Å². The fourth-order valence-corrected chi connectivity index (χ4v) is 2.76. The second-order valence-electron chi connectivity index (χ2n) is 6.46. The number of hydrogen-bond acceptors (Lipinski definition) is 3. The predicted octanol–water partition coefficient (Wildman–Crippen LogP) is 4.38. The van der Waals surface area contributed by atoms with Crippen molar-refractivity contribution in [1.29, 1.82) is 0 Å². The average Bonchev–Trinajstić information content (AvgIpc) is 3.15. The minimum Gasteiger partial charge on any atom is -0.461 e. The number of hydrogen-bond donors (Lipinski definition) is 1. The lowest BCUT2D eigenvalue weighted by atomic mass is 10.1. The van der Waals surface area contributed by atoms with Crippen molar-refractivity contribution < 1.29 is 22.7 Å². The van der Waals surface area contributed by atoms with Crippen LogP contribution in [0.4, 0.5) is 8.78 Å². The van der Waals surface area contributed by atoms with Gasteiger partial charge >= 0.3 is 6.61 Å². The molecule has 26 heavy (non-hydrogen) atoms. The van der Waals surface area contributed by atoms with Gasteiger partial charge in [0.2, 0.25) is 5.91 Å². The van der Waals surface area contributed by atoms with E-state index in [4.69, 9.17) is 4.42 Å². The highest BCUT2D eigenvalue weighted by molar-refractivity contribution is 5.91. The lowest BCUT2D eigenvalue weighted by Gasteiger charge is -2.06. The molecule has 0 saturated heterocycles. The smallest absolute Gasteiger partial charge is 0.387 e. The maximum absolute atomic E-state index is 12.1. The van der Waals surface area contributed by atoms with Crippen LogP contribution in [-0.4, -0.2) is 19.1 Å². The molecule has 1 aliphatic carbocycles. The number of nitrogens with one attached hydrogen (secondary N) is 1. The zero-order valence-electron chi connectivity index (χ0n) is 14.5. The number of carbonyl (C=O) groups is 1. The van der Waals surface area contributed by atoms with Gasteiger partial charge in [0.25, 0.3) is 0 Å². The molecule has 1 aromatic carbocycles. The van der Waals surface area contributed by atoms with Crippen molar-refractivity contribution in [3.63, 3.8) is 0 Å². The molecule has 6 heteroatoms. The molecule has 1 aromatic heterocycles. The first-order valence-electron chi connectivity index (χ1n) is 8.60. The van der Waals surface area contributed by atoms with Crippen LogP contribution in [0.15, 0.2) is 46.9 Å². The van der Waals surface area contributed by atoms with Gasteiger partial charge in [-0.3, -0.25) is 4.79 Å². The summed E-state index contributed by atoms with van der Waals surface area (Å²) in [6.45, 7) is -0.193. The third-order valence-corrected chi connectivity index (χ3v) is 4.38. The summed E-state index contributed by atoms with van der Waals surface area (Å²) in [4.78, 5) is 11.8. The summed E-state index contributed by atoms with van der Waals surface area (Å²) in [5.74, 6) is 2.76. The number of amides is 1. The molecule has 1 saturated carbocycles. The number of alkyl halides is 2. The van der Waals surface area contributed by atoms with E-state index < -0.39 is 6.61 Å². The van der Waals surface area contributed by atoms with Crippen molar-refractivity contribution in [3.05, 3.63) is 59.6 Å². The Balaban J connectivity index is 1.40. The van der Waals surface area contributed by atoms with Gasteiger partial charge < -0.3 is 14.5 Å². The Morgan fingerprint density at radius 1 is 1.31 bits per heavy atom. The number of rotatable bonds is 8. The van der Waals surface area contributed by atoms with Crippen molar-refractivity contribution in [2.24, 2.45) is 5.92 Å². The maximum Gasteiger partial charge on any atom is 0.387 e. The Morgan fingerprint density at radius 3 is 2.69 bits per heavy atom. The number of halogens is 2. The first-order chi connectivity index (χ1) is 12.5. The Hall–Kier alpha value is -2.63. The van der Waals surface area contributed by atoms with E-state index >= 15 is 0 Å². The zero-order valence-corrected chi connectivity index (χ0v) is 14.5. The number of carbonyl (C=O) groups excluding carboxylic acids is 1. The van der Waals surface area contributed by atoms with Crippen molar-refractivity contribution >= 4 is 12.0 Å². The number of furan rings is 1. The monoisotopic (exact) mass is 361 g/mol. The molecular weight excluding hydrogens is 340 g/mol. The molecule has 0 bridgehead atoms. The summed E-state index contributed by atoms with van der Waals surface area (Å²) in [6.07, 6.45) is 4.85. The minimum atomic E-state index is -2.83. The summed E-state index contributed by atoms with van der Waals surface area (Å²) >= 11 is 0. The molecule has 2 unspecified atom stereocenters. The molecule has 0 radical (unpaired) electrons. The second kappa shape index (κ2) is 8.17. The average molecular weight is 361 g/mol. The van der Waals surface area contributed by atoms with E-state index in [0.29, 0.717) is 30.6 Å². The van der Waals surface area contributed by atoms with Gasteiger partial charge in [-0.2, -0.15) is 8.78 Å². The molecule has 0 spiro atoms. The predicted molar refractivity (Wildman–Crippen MR) is 94.1 cm³/mol. The van der Waals surface area contributed by atoms with Crippen molar-refractivity contribution in [2.45, 2.75) is 32.3 Å². The third kappa shape index (κ3) is 5.18. The Labute approximate surface area is 150 Å². The lowest BCUT2D eigenvalue weighted by Crippen LogP contribution is -2.23. The molecule has 0 aliphatic heterocycles. The first kappa shape index (κ1) is 18.2. The summed E-state index contributed by atoms with van der Waals surface area (Å²) in [6, 6.07) is 10.2. The molecule has 1 aliphatic rings. The first-order valence-corrected chi connectivity index (χ1v) is 8.60. The van der Waals surface area contributed by atoms with Gasteiger partial charge in [-0.25, -0.2) is 0 Å². The van der Waals surface area contributed by atoms with Crippen LogP contribution in [0.2, 0.25) is 0 Å². The van der Waals surface area contributed by atoms with Gasteiger partial charge in [-0.15, -0.1) is 0 Å². The van der Waals surface area contributed by atoms with E-state index in [-0.39, 0.29) is 11.7 Å². The number of ether oxygens (including phenoxy) is 1. The van der Waals surface area contributed by atoms with E-state index in [0.717, 1.165) is 17.7 Å². The van der Waals surface area contributed by atoms with Gasteiger partial charge in [-0.05, 0) is 54.7 Å². The molecule has 2 atom stereocenters. The minimum absolute atomic E-state index is 0.120. The van der Waals surface area contributed by atoms with Gasteiger partial charge in [0, 0.05) is 18.5 Å². The fraction of sp³-hybridized carbons (Fsp3) is 0.350. The van der Waals surface area contributed by atoms with Crippen LogP contribution in [0, 0.1) is 5.92 Å². The quantitative estimate of drug-likeness (QED) is 0.710. The molecular formula is C20H21F2NO3. The summed E-state index contributed by atoms with van der Waals surface area (Å²) in [7, 11) is 0. The van der Waals surface area contributed by atoms with Gasteiger partial charge in [0.15, 0.2) is 0 Å². The van der Waals surface area contributed by atoms with Gasteiger partial charge in [0.05, 0.1) is 0 Å². The Kier molecular flexibility index (Phi) is 5.71. The highest BCUT2D eigenvalue weighted by Crippen LogP contribution is 2.47. The molecule has 1 amide bonds. The summed E-state index contributed by atoms with van der Waals surface area (Å²) < 4.78 is 34.2. The van der Waals surface area contributed by atoms with E-state index in [1.54, 1.807) is 18.2 Å². The molecule has 1 fully saturated rings. The van der Waals surface area contributed by atoms with Crippen LogP contribution in [0.25, 0.3) is 6.08 Å². The molecule has 1 N–H and O–H groups in total. The topological polar surface area (TPSA) is 51.5 Å². The highest BCUT2D eigenvalue weighted by atomic mass is 19.3. The zero-order chi connectivity index (χ0) is 18.5. The molecule has 138 valence electrons. The summed E-state index contributed by atoms with van der Waals surface area (Å²) in [5.41, 5.74) is 0.921.